The van der Waals surface area contributed by atoms with Gasteiger partial charge in [0.2, 0.25) is 0 Å². The van der Waals surface area contributed by atoms with E-state index in [0.29, 0.717) is 22.8 Å². The van der Waals surface area contributed by atoms with Crippen molar-refractivity contribution in [2.24, 2.45) is 0 Å². The average molecular weight is 523 g/mol. The minimum absolute atomic E-state index is 0.193. The number of fused-ring (bicyclic) bond motifs is 1. The summed E-state index contributed by atoms with van der Waals surface area (Å²) in [6, 6.07) is 24.7. The molecule has 190 valence electrons. The number of amides is 1. The van der Waals surface area contributed by atoms with Gasteiger partial charge in [-0.3, -0.25) is 9.59 Å². The van der Waals surface area contributed by atoms with Gasteiger partial charge < -0.3 is 14.8 Å². The van der Waals surface area contributed by atoms with Gasteiger partial charge in [-0.25, -0.2) is 4.98 Å². The molecule has 0 saturated carbocycles. The Morgan fingerprint density at radius 2 is 1.66 bits per heavy atom. The number of Topliss-reactive ketones (excluding diaryl/α,β-unsaturated/α-hetero) is 1. The van der Waals surface area contributed by atoms with Gasteiger partial charge in [-0.1, -0.05) is 48.5 Å². The molecule has 0 fully saturated rings. The molecule has 0 radical (unpaired) electrons. The van der Waals surface area contributed by atoms with E-state index in [-0.39, 0.29) is 12.3 Å². The fraction of sp³-hybridized carbons (Fsp3) is 0.129. The fourth-order valence-corrected chi connectivity index (χ4v) is 5.38. The first-order valence-corrected chi connectivity index (χ1v) is 12.9. The first-order valence-electron chi connectivity index (χ1n) is 12.1. The van der Waals surface area contributed by atoms with E-state index in [1.165, 1.54) is 24.5 Å². The normalized spacial score (nSPS) is 10.8. The number of aromatic nitrogens is 1. The number of ketones is 1. The number of pyridine rings is 1. The predicted octanol–water partition coefficient (Wildman–Crippen LogP) is 6.57. The third kappa shape index (κ3) is 5.01. The number of ether oxygens (including phenoxy) is 2. The van der Waals surface area contributed by atoms with Crippen molar-refractivity contribution in [3.05, 3.63) is 101 Å². The minimum atomic E-state index is -0.391. The van der Waals surface area contributed by atoms with Crippen LogP contribution in [0.15, 0.2) is 84.2 Å². The summed E-state index contributed by atoms with van der Waals surface area (Å²) in [5, 5.41) is 5.90. The Hall–Kier alpha value is -4.49. The number of rotatable bonds is 8. The second-order valence-electron chi connectivity index (χ2n) is 8.77. The molecule has 0 aliphatic rings. The Bertz CT molecular complexity index is 1640. The number of carbonyl (C=O) groups is 2. The zero-order valence-electron chi connectivity index (χ0n) is 21.3. The molecular weight excluding hydrogens is 496 g/mol. The van der Waals surface area contributed by atoms with Gasteiger partial charge in [0.1, 0.15) is 5.69 Å². The largest absolute Gasteiger partial charge is 0.493 e. The van der Waals surface area contributed by atoms with Crippen molar-refractivity contribution in [2.75, 3.05) is 20.8 Å². The zero-order chi connectivity index (χ0) is 26.6. The standard InChI is InChI=1S/C31H26N2O4S/c1-19-8-7-11-23-24(18-38-30(19)23)25-14-22(20-9-5-4-6-10-20)15-26(33-25)27(34)17-32-31(35)21-12-13-28(36-2)29(16-21)37-3/h4-16,18H,17H2,1-3H3,(H,32,35). The second kappa shape index (κ2) is 10.9. The van der Waals surface area contributed by atoms with Gasteiger partial charge in [-0.15, -0.1) is 11.3 Å². The van der Waals surface area contributed by atoms with E-state index >= 15 is 0 Å². The Kier molecular flexibility index (Phi) is 7.20. The minimum Gasteiger partial charge on any atom is -0.493 e. The summed E-state index contributed by atoms with van der Waals surface area (Å²) in [6.45, 7) is 1.90. The lowest BCUT2D eigenvalue weighted by Gasteiger charge is -2.11. The van der Waals surface area contributed by atoms with Crippen LogP contribution in [0.5, 0.6) is 11.5 Å². The van der Waals surface area contributed by atoms with Gasteiger partial charge in [0, 0.05) is 26.6 Å². The van der Waals surface area contributed by atoms with Crippen LogP contribution in [-0.2, 0) is 0 Å². The SMILES string of the molecule is COc1ccc(C(=O)NCC(=O)c2cc(-c3ccccc3)cc(-c3csc4c(C)cccc34)n2)cc1OC. The Morgan fingerprint density at radius 3 is 2.42 bits per heavy atom. The number of carbonyl (C=O) groups excluding carboxylic acids is 2. The van der Waals surface area contributed by atoms with E-state index in [0.717, 1.165) is 27.8 Å². The van der Waals surface area contributed by atoms with Gasteiger partial charge in [-0.05, 0) is 53.9 Å². The number of nitrogens with one attached hydrogen (secondary N) is 1. The van der Waals surface area contributed by atoms with E-state index in [2.05, 4.69) is 29.8 Å². The van der Waals surface area contributed by atoms with Crippen molar-refractivity contribution >= 4 is 33.1 Å². The van der Waals surface area contributed by atoms with Crippen molar-refractivity contribution in [3.63, 3.8) is 0 Å². The second-order valence-corrected chi connectivity index (χ2v) is 9.65. The molecule has 6 nitrogen and oxygen atoms in total. The van der Waals surface area contributed by atoms with E-state index in [1.54, 1.807) is 35.6 Å². The summed E-state index contributed by atoms with van der Waals surface area (Å²) in [6.07, 6.45) is 0. The molecule has 0 unspecified atom stereocenters. The number of hydrogen-bond acceptors (Lipinski definition) is 6. The van der Waals surface area contributed by atoms with E-state index in [4.69, 9.17) is 14.5 Å². The molecular formula is C31H26N2O4S. The quantitative estimate of drug-likeness (QED) is 0.233. The Morgan fingerprint density at radius 1 is 0.868 bits per heavy atom. The van der Waals surface area contributed by atoms with E-state index < -0.39 is 5.91 Å². The number of thiophene rings is 1. The number of aryl methyl sites for hydroxylation is 1. The first-order chi connectivity index (χ1) is 18.5. The van der Waals surface area contributed by atoms with Crippen LogP contribution >= 0.6 is 11.3 Å². The summed E-state index contributed by atoms with van der Waals surface area (Å²) in [5.74, 6) is 0.281. The molecule has 1 N–H and O–H groups in total. The average Bonchev–Trinajstić information content (AvgIpc) is 3.41. The fourth-order valence-electron chi connectivity index (χ4n) is 4.34. The molecule has 7 heteroatoms. The van der Waals surface area contributed by atoms with Gasteiger partial charge in [-0.2, -0.15) is 0 Å². The van der Waals surface area contributed by atoms with Crippen LogP contribution < -0.4 is 14.8 Å². The molecule has 0 spiro atoms. The maximum atomic E-state index is 13.3. The van der Waals surface area contributed by atoms with Crippen LogP contribution in [0.1, 0.15) is 26.4 Å². The molecule has 0 aliphatic heterocycles. The molecule has 0 atom stereocenters. The van der Waals surface area contributed by atoms with Crippen LogP contribution in [0.2, 0.25) is 0 Å². The number of hydrogen-bond donors (Lipinski definition) is 1. The number of methoxy groups -OCH3 is 2. The maximum Gasteiger partial charge on any atom is 0.251 e. The summed E-state index contributed by atoms with van der Waals surface area (Å²) < 4.78 is 11.7. The topological polar surface area (TPSA) is 77.5 Å². The van der Waals surface area contributed by atoms with Crippen molar-refractivity contribution < 1.29 is 19.1 Å². The van der Waals surface area contributed by atoms with E-state index in [9.17, 15) is 9.59 Å². The summed E-state index contributed by atoms with van der Waals surface area (Å²) in [5.41, 5.74) is 5.43. The molecule has 0 aliphatic carbocycles. The highest BCUT2D eigenvalue weighted by atomic mass is 32.1. The smallest absolute Gasteiger partial charge is 0.251 e. The molecule has 0 bridgehead atoms. The highest BCUT2D eigenvalue weighted by Crippen LogP contribution is 2.36. The lowest BCUT2D eigenvalue weighted by atomic mass is 10.0. The Labute approximate surface area is 224 Å². The van der Waals surface area contributed by atoms with Crippen molar-refractivity contribution in [1.29, 1.82) is 0 Å². The van der Waals surface area contributed by atoms with Gasteiger partial charge >= 0.3 is 0 Å². The lowest BCUT2D eigenvalue weighted by Crippen LogP contribution is -2.30. The number of nitrogens with zero attached hydrogens (tertiary/aromatic N) is 1. The molecule has 1 amide bonds. The van der Waals surface area contributed by atoms with Gasteiger partial charge in [0.25, 0.3) is 5.91 Å². The Balaban J connectivity index is 1.46. The third-order valence-corrected chi connectivity index (χ3v) is 7.48. The van der Waals surface area contributed by atoms with Crippen molar-refractivity contribution in [3.8, 4) is 33.9 Å². The van der Waals surface area contributed by atoms with Crippen LogP contribution in [0, 0.1) is 6.92 Å². The van der Waals surface area contributed by atoms with Crippen molar-refractivity contribution in [2.45, 2.75) is 6.92 Å². The van der Waals surface area contributed by atoms with Crippen LogP contribution in [0.4, 0.5) is 0 Å². The van der Waals surface area contributed by atoms with Gasteiger partial charge in [0.05, 0.1) is 26.5 Å². The zero-order valence-corrected chi connectivity index (χ0v) is 22.1. The third-order valence-electron chi connectivity index (χ3n) is 6.35. The molecule has 2 heterocycles. The first kappa shape index (κ1) is 25.2. The molecule has 5 rings (SSSR count). The molecule has 5 aromatic rings. The molecule has 38 heavy (non-hydrogen) atoms. The summed E-state index contributed by atoms with van der Waals surface area (Å²) in [7, 11) is 3.03. The predicted molar refractivity (Wildman–Crippen MR) is 151 cm³/mol. The van der Waals surface area contributed by atoms with Gasteiger partial charge in [0.15, 0.2) is 17.3 Å². The molecule has 0 saturated heterocycles. The lowest BCUT2D eigenvalue weighted by molar-refractivity contribution is 0.0902. The highest BCUT2D eigenvalue weighted by Gasteiger charge is 2.17. The van der Waals surface area contributed by atoms with Crippen LogP contribution in [0.25, 0.3) is 32.5 Å². The molecule has 3 aromatic carbocycles. The van der Waals surface area contributed by atoms with Crippen LogP contribution in [0.3, 0.4) is 0 Å². The maximum absolute atomic E-state index is 13.3. The number of benzene rings is 3. The van der Waals surface area contributed by atoms with E-state index in [1.807, 2.05) is 42.5 Å². The summed E-state index contributed by atoms with van der Waals surface area (Å²) in [4.78, 5) is 30.8. The van der Waals surface area contributed by atoms with Crippen molar-refractivity contribution in [1.82, 2.24) is 10.3 Å². The highest BCUT2D eigenvalue weighted by molar-refractivity contribution is 7.18. The monoisotopic (exact) mass is 522 g/mol. The molecule has 2 aromatic heterocycles. The summed E-state index contributed by atoms with van der Waals surface area (Å²) >= 11 is 1.67. The van der Waals surface area contributed by atoms with Crippen LogP contribution in [-0.4, -0.2) is 37.4 Å².